The van der Waals surface area contributed by atoms with E-state index >= 15 is 0 Å². The lowest BCUT2D eigenvalue weighted by atomic mass is 9.36. The van der Waals surface area contributed by atoms with Crippen molar-refractivity contribution >= 4 is 89.3 Å². The van der Waals surface area contributed by atoms with Gasteiger partial charge >= 0.3 is 0 Å². The number of aryl methyl sites for hydroxylation is 1. The average molecular weight is 1060 g/mol. The Bertz CT molecular complexity index is 3710. The first-order valence-corrected chi connectivity index (χ1v) is 31.3. The van der Waals surface area contributed by atoms with Crippen molar-refractivity contribution in [3.63, 3.8) is 0 Å². The minimum atomic E-state index is -0.174. The van der Waals surface area contributed by atoms with Gasteiger partial charge in [0, 0.05) is 60.1 Å². The van der Waals surface area contributed by atoms with Crippen molar-refractivity contribution in [1.82, 2.24) is 0 Å². The van der Waals surface area contributed by atoms with E-state index in [4.69, 9.17) is 0 Å². The van der Waals surface area contributed by atoms with Crippen LogP contribution in [0.1, 0.15) is 221 Å². The smallest absolute Gasteiger partial charge is 0.264 e. The van der Waals surface area contributed by atoms with E-state index in [-0.39, 0.29) is 55.6 Å². The number of para-hydroxylation sites is 1. The van der Waals surface area contributed by atoms with E-state index < -0.39 is 0 Å². The Morgan fingerprint density at radius 1 is 0.468 bits per heavy atom. The van der Waals surface area contributed by atoms with Crippen molar-refractivity contribution in [3.8, 4) is 0 Å². The molecule has 5 heteroatoms. The van der Waals surface area contributed by atoms with E-state index in [0.717, 1.165) is 6.42 Å². The first kappa shape index (κ1) is 53.1. The number of thiophene rings is 1. The van der Waals surface area contributed by atoms with Gasteiger partial charge in [0.25, 0.3) is 6.71 Å². The third-order valence-electron chi connectivity index (χ3n) is 21.9. The van der Waals surface area contributed by atoms with Crippen molar-refractivity contribution in [2.24, 2.45) is 5.41 Å². The number of benzene rings is 6. The second-order valence-electron chi connectivity index (χ2n) is 31.7. The van der Waals surface area contributed by atoms with Crippen molar-refractivity contribution in [3.05, 3.63) is 148 Å². The molecule has 3 aliphatic carbocycles. The Morgan fingerprint density at radius 2 is 1.04 bits per heavy atom. The lowest BCUT2D eigenvalue weighted by Crippen LogP contribution is -2.62. The molecule has 0 spiro atoms. The molecule has 6 aromatic carbocycles. The fourth-order valence-corrected chi connectivity index (χ4v) is 18.4. The SMILES string of the molecule is Cc1cc2c(cc1N1c3ccc(C(C)(C)C)cc3B3c4sc5ccc(C(C)(C)C)cc5c4N(c4ccc5c(c4)C(C)(C)CCC5(C)C)c4cc(N5c6ccccc6C6(C(C)(C)C)CCCCC56C)cc1c43)C(C)(C)CCC2(C)C. The number of anilines is 8. The van der Waals surface area contributed by atoms with Crippen LogP contribution in [0, 0.1) is 12.3 Å². The molecule has 2 atom stereocenters. The van der Waals surface area contributed by atoms with E-state index in [1.165, 1.54) is 161 Å². The van der Waals surface area contributed by atoms with Gasteiger partial charge in [-0.1, -0.05) is 179 Å². The topological polar surface area (TPSA) is 9.72 Å². The summed E-state index contributed by atoms with van der Waals surface area (Å²) in [6.45, 7) is 47.0. The van der Waals surface area contributed by atoms with Crippen LogP contribution < -0.4 is 30.4 Å². The van der Waals surface area contributed by atoms with Crippen LogP contribution in [0.25, 0.3) is 10.1 Å². The highest BCUT2D eigenvalue weighted by atomic mass is 32.1. The standard InChI is InChI=1S/C74H90BN3S/c1-45-38-53-55(72(17,18)37-36-70(53,13)14)44-59(45)77-58-30-26-47(67(5,6)7)40-56(58)75-63-60(42-49(43-61(63)77)78-57-25-21-20-24-52(57)74(68(8,9)10)33-23-22-32-73(74,78)19)76(48-28-29-51-54(41-48)71(15,16)35-34-69(51,11)12)64-50-39-46(66(2,3)4)27-31-62(50)79-65(64)75/h20-21,24-31,38-44H,22-23,32-37H2,1-19H3. The zero-order valence-electron chi connectivity index (χ0n) is 51.8. The Balaban J connectivity index is 1.21. The van der Waals surface area contributed by atoms with Crippen LogP contribution >= 0.6 is 11.3 Å². The summed E-state index contributed by atoms with van der Waals surface area (Å²) in [6.07, 6.45) is 9.53. The third-order valence-corrected chi connectivity index (χ3v) is 23.1. The zero-order chi connectivity index (χ0) is 56.3. The Labute approximate surface area is 480 Å². The highest BCUT2D eigenvalue weighted by molar-refractivity contribution is 7.33. The molecule has 13 rings (SSSR count). The summed E-state index contributed by atoms with van der Waals surface area (Å²) in [6, 6.07) is 43.1. The molecule has 1 saturated carbocycles. The highest BCUT2D eigenvalue weighted by Crippen LogP contribution is 2.68. The normalized spacial score (nSPS) is 23.1. The molecule has 0 amide bonds. The van der Waals surface area contributed by atoms with Crippen molar-refractivity contribution in [2.45, 2.75) is 226 Å². The molecule has 7 aromatic rings. The number of hydrogen-bond donors (Lipinski definition) is 0. The summed E-state index contributed by atoms with van der Waals surface area (Å²) in [7, 11) is 0. The molecule has 0 N–H and O–H groups in total. The number of hydrogen-bond acceptors (Lipinski definition) is 4. The van der Waals surface area contributed by atoms with Gasteiger partial charge in [-0.3, -0.25) is 0 Å². The van der Waals surface area contributed by atoms with Crippen LogP contribution in [0.4, 0.5) is 45.5 Å². The summed E-state index contributed by atoms with van der Waals surface area (Å²) in [4.78, 5) is 8.49. The molecule has 0 bridgehead atoms. The average Bonchev–Trinajstić information content (AvgIpc) is 2.69. The maximum absolute atomic E-state index is 2.90. The van der Waals surface area contributed by atoms with Gasteiger partial charge in [-0.2, -0.15) is 0 Å². The highest BCUT2D eigenvalue weighted by Gasteiger charge is 2.65. The largest absolute Gasteiger partial charge is 0.334 e. The maximum atomic E-state index is 2.90. The van der Waals surface area contributed by atoms with Gasteiger partial charge < -0.3 is 14.7 Å². The molecule has 0 radical (unpaired) electrons. The number of rotatable bonds is 3. The minimum absolute atomic E-state index is 0.0143. The molecular formula is C74H90BN3S. The Hall–Kier alpha value is -5.26. The molecule has 3 nitrogen and oxygen atoms in total. The van der Waals surface area contributed by atoms with Crippen LogP contribution in [0.3, 0.4) is 0 Å². The van der Waals surface area contributed by atoms with E-state index in [0.29, 0.717) is 0 Å². The summed E-state index contributed by atoms with van der Waals surface area (Å²) in [5.74, 6) is 0. The van der Waals surface area contributed by atoms with Crippen LogP contribution in [-0.2, 0) is 37.9 Å². The van der Waals surface area contributed by atoms with E-state index in [2.05, 4.69) is 249 Å². The zero-order valence-corrected chi connectivity index (χ0v) is 52.6. The van der Waals surface area contributed by atoms with Gasteiger partial charge in [0.05, 0.1) is 11.2 Å². The van der Waals surface area contributed by atoms with Gasteiger partial charge in [-0.25, -0.2) is 0 Å². The molecular weight excluding hydrogens is 974 g/mol. The molecule has 79 heavy (non-hydrogen) atoms. The summed E-state index contributed by atoms with van der Waals surface area (Å²) >= 11 is 2.05. The van der Waals surface area contributed by atoms with Gasteiger partial charge in [0.2, 0.25) is 0 Å². The van der Waals surface area contributed by atoms with E-state index in [9.17, 15) is 0 Å². The van der Waals surface area contributed by atoms with Crippen molar-refractivity contribution < 1.29 is 0 Å². The first-order chi connectivity index (χ1) is 36.8. The monoisotopic (exact) mass is 1060 g/mol. The van der Waals surface area contributed by atoms with Crippen LogP contribution in [0.15, 0.2) is 103 Å². The van der Waals surface area contributed by atoms with Gasteiger partial charge in [0.1, 0.15) is 0 Å². The first-order valence-electron chi connectivity index (χ1n) is 30.5. The quantitative estimate of drug-likeness (QED) is 0.163. The fourth-order valence-electron chi connectivity index (χ4n) is 17.1. The maximum Gasteiger partial charge on any atom is 0.264 e. The molecule has 6 aliphatic rings. The summed E-state index contributed by atoms with van der Waals surface area (Å²) in [5, 5.41) is 1.37. The Kier molecular flexibility index (Phi) is 11.2. The van der Waals surface area contributed by atoms with Crippen molar-refractivity contribution in [1.29, 1.82) is 0 Å². The third kappa shape index (κ3) is 7.40. The summed E-state index contributed by atoms with van der Waals surface area (Å²) in [5.41, 5.74) is 25.1. The number of nitrogens with zero attached hydrogens (tertiary/aromatic N) is 3. The predicted molar refractivity (Wildman–Crippen MR) is 345 cm³/mol. The Morgan fingerprint density at radius 3 is 1.68 bits per heavy atom. The molecule has 3 aliphatic heterocycles. The number of fused-ring (bicyclic) bond motifs is 11. The second kappa shape index (κ2) is 16.7. The van der Waals surface area contributed by atoms with Crippen LogP contribution in [0.2, 0.25) is 0 Å². The molecule has 410 valence electrons. The van der Waals surface area contributed by atoms with E-state index in [1.807, 2.05) is 11.3 Å². The molecule has 1 fully saturated rings. The van der Waals surface area contributed by atoms with Crippen LogP contribution in [0.5, 0.6) is 0 Å². The molecule has 1 aromatic heterocycles. The fraction of sp³-hybridized carbons (Fsp3) is 0.486. The van der Waals surface area contributed by atoms with E-state index in [1.54, 1.807) is 0 Å². The van der Waals surface area contributed by atoms with Gasteiger partial charge in [0.15, 0.2) is 0 Å². The van der Waals surface area contributed by atoms with Gasteiger partial charge in [-0.05, 0) is 200 Å². The van der Waals surface area contributed by atoms with Gasteiger partial charge in [-0.15, -0.1) is 11.3 Å². The predicted octanol–water partition coefficient (Wildman–Crippen LogP) is 19.4. The van der Waals surface area contributed by atoms with Crippen molar-refractivity contribution in [2.75, 3.05) is 14.7 Å². The molecule has 2 unspecified atom stereocenters. The van der Waals surface area contributed by atoms with Crippen LogP contribution in [-0.4, -0.2) is 12.3 Å². The lowest BCUT2D eigenvalue weighted by molar-refractivity contribution is 0.0580. The molecule has 0 saturated heterocycles. The second-order valence-corrected chi connectivity index (χ2v) is 32.8. The minimum Gasteiger partial charge on any atom is -0.334 e. The molecule has 4 heterocycles. The lowest BCUT2D eigenvalue weighted by Gasteiger charge is -2.58. The summed E-state index contributed by atoms with van der Waals surface area (Å²) < 4.78 is 2.82.